The van der Waals surface area contributed by atoms with Crippen molar-refractivity contribution in [1.29, 1.82) is 0 Å². The average molecular weight is 331 g/mol. The molecule has 0 amide bonds. The quantitative estimate of drug-likeness (QED) is 0.761. The third-order valence-electron chi connectivity index (χ3n) is 4.51. The highest BCUT2D eigenvalue weighted by atomic mass is 35.5. The predicted molar refractivity (Wildman–Crippen MR) is 102 cm³/mol. The van der Waals surface area contributed by atoms with Crippen LogP contribution in [0, 0.1) is 0 Å². The Morgan fingerprint density at radius 1 is 0.957 bits per heavy atom. The van der Waals surface area contributed by atoms with Gasteiger partial charge >= 0.3 is 0 Å². The lowest BCUT2D eigenvalue weighted by Crippen LogP contribution is -2.38. The molecule has 3 rings (SSSR count). The number of nitrogens with zero attached hydrogens (tertiary/aromatic N) is 1. The molecule has 0 saturated carbocycles. The molecule has 1 N–H and O–H groups in total. The summed E-state index contributed by atoms with van der Waals surface area (Å²) in [6.45, 7) is 3.40. The second-order valence-corrected chi connectivity index (χ2v) is 6.12. The van der Waals surface area contributed by atoms with Gasteiger partial charge in [-0.1, -0.05) is 48.5 Å². The fourth-order valence-electron chi connectivity index (χ4n) is 3.34. The van der Waals surface area contributed by atoms with E-state index in [-0.39, 0.29) is 12.4 Å². The molecule has 1 saturated heterocycles. The van der Waals surface area contributed by atoms with Crippen molar-refractivity contribution in [2.24, 2.45) is 0 Å². The Morgan fingerprint density at radius 3 is 2.39 bits per heavy atom. The zero-order chi connectivity index (χ0) is 15.0. The minimum atomic E-state index is 0. The zero-order valence-electron chi connectivity index (χ0n) is 13.7. The molecule has 1 heterocycles. The number of rotatable bonds is 7. The molecule has 124 valence electrons. The lowest BCUT2D eigenvalue weighted by molar-refractivity contribution is 0.562. The molecule has 1 atom stereocenters. The van der Waals surface area contributed by atoms with Crippen molar-refractivity contribution in [2.75, 3.05) is 24.5 Å². The lowest BCUT2D eigenvalue weighted by Gasteiger charge is -2.27. The lowest BCUT2D eigenvalue weighted by atomic mass is 10.1. The SMILES string of the molecule is Cl.c1ccc(CCCNC[C@@H]2CCCN2c2ccccc2)cc1. The van der Waals surface area contributed by atoms with Crippen LogP contribution in [0.15, 0.2) is 60.7 Å². The number of anilines is 1. The third-order valence-corrected chi connectivity index (χ3v) is 4.51. The molecule has 0 bridgehead atoms. The van der Waals surface area contributed by atoms with Gasteiger partial charge in [0.25, 0.3) is 0 Å². The molecule has 0 spiro atoms. The van der Waals surface area contributed by atoms with E-state index in [0.717, 1.165) is 13.1 Å². The topological polar surface area (TPSA) is 15.3 Å². The van der Waals surface area contributed by atoms with Gasteiger partial charge in [-0.2, -0.15) is 0 Å². The van der Waals surface area contributed by atoms with Crippen molar-refractivity contribution in [3.63, 3.8) is 0 Å². The van der Waals surface area contributed by atoms with Gasteiger partial charge in [-0.15, -0.1) is 12.4 Å². The van der Waals surface area contributed by atoms with Gasteiger partial charge in [-0.3, -0.25) is 0 Å². The van der Waals surface area contributed by atoms with Crippen molar-refractivity contribution < 1.29 is 0 Å². The van der Waals surface area contributed by atoms with Crippen LogP contribution in [-0.4, -0.2) is 25.7 Å². The Bertz CT molecular complexity index is 544. The summed E-state index contributed by atoms with van der Waals surface area (Å²) in [5, 5.41) is 3.66. The van der Waals surface area contributed by atoms with Gasteiger partial charge in [0.2, 0.25) is 0 Å². The van der Waals surface area contributed by atoms with Crippen LogP contribution >= 0.6 is 12.4 Å². The largest absolute Gasteiger partial charge is 0.367 e. The average Bonchev–Trinajstić information content (AvgIpc) is 3.05. The van der Waals surface area contributed by atoms with Crippen LogP contribution in [0.4, 0.5) is 5.69 Å². The van der Waals surface area contributed by atoms with Gasteiger partial charge in [0.1, 0.15) is 0 Å². The maximum absolute atomic E-state index is 3.66. The molecule has 1 fully saturated rings. The van der Waals surface area contributed by atoms with Gasteiger partial charge in [-0.25, -0.2) is 0 Å². The summed E-state index contributed by atoms with van der Waals surface area (Å²) in [5.74, 6) is 0. The van der Waals surface area contributed by atoms with E-state index in [1.807, 2.05) is 0 Å². The summed E-state index contributed by atoms with van der Waals surface area (Å²) >= 11 is 0. The summed E-state index contributed by atoms with van der Waals surface area (Å²) in [6, 6.07) is 22.2. The molecule has 1 aliphatic heterocycles. The normalized spacial score (nSPS) is 17.0. The van der Waals surface area contributed by atoms with Crippen LogP contribution in [0.3, 0.4) is 0 Å². The number of nitrogens with one attached hydrogen (secondary N) is 1. The fraction of sp³-hybridized carbons (Fsp3) is 0.400. The summed E-state index contributed by atoms with van der Waals surface area (Å²) in [6.07, 6.45) is 4.99. The van der Waals surface area contributed by atoms with E-state index < -0.39 is 0 Å². The van der Waals surface area contributed by atoms with Gasteiger partial charge in [0, 0.05) is 24.8 Å². The maximum Gasteiger partial charge on any atom is 0.0415 e. The van der Waals surface area contributed by atoms with Crippen molar-refractivity contribution in [3.05, 3.63) is 66.2 Å². The molecule has 2 nitrogen and oxygen atoms in total. The first-order valence-corrected chi connectivity index (χ1v) is 8.50. The van der Waals surface area contributed by atoms with Gasteiger partial charge in [0.15, 0.2) is 0 Å². The van der Waals surface area contributed by atoms with Crippen molar-refractivity contribution in [3.8, 4) is 0 Å². The highest BCUT2D eigenvalue weighted by Crippen LogP contribution is 2.24. The summed E-state index contributed by atoms with van der Waals surface area (Å²) in [7, 11) is 0. The third kappa shape index (κ3) is 5.26. The Hall–Kier alpha value is -1.51. The molecule has 0 aromatic heterocycles. The second kappa shape index (κ2) is 9.59. The van der Waals surface area contributed by atoms with Crippen LogP contribution < -0.4 is 10.2 Å². The van der Waals surface area contributed by atoms with Crippen LogP contribution in [0.2, 0.25) is 0 Å². The number of aryl methyl sites for hydroxylation is 1. The molecule has 2 aromatic carbocycles. The van der Waals surface area contributed by atoms with E-state index >= 15 is 0 Å². The molecule has 0 unspecified atom stereocenters. The number of para-hydroxylation sites is 1. The standard InChI is InChI=1S/C20H26N2.ClH/c1-3-9-18(10-4-1)11-7-15-21-17-20-14-8-16-22(20)19-12-5-2-6-13-19;/h1-6,9-10,12-13,20-21H,7-8,11,14-17H2;1H/t20-;/m0./s1. The molecular weight excluding hydrogens is 304 g/mol. The number of hydrogen-bond donors (Lipinski definition) is 1. The van der Waals surface area contributed by atoms with E-state index in [1.165, 1.54) is 43.5 Å². The van der Waals surface area contributed by atoms with Crippen molar-refractivity contribution in [1.82, 2.24) is 5.32 Å². The van der Waals surface area contributed by atoms with Crippen LogP contribution in [-0.2, 0) is 6.42 Å². The smallest absolute Gasteiger partial charge is 0.0415 e. The van der Waals surface area contributed by atoms with E-state index in [0.29, 0.717) is 6.04 Å². The van der Waals surface area contributed by atoms with E-state index in [2.05, 4.69) is 70.9 Å². The van der Waals surface area contributed by atoms with Gasteiger partial charge in [-0.05, 0) is 49.9 Å². The fourth-order valence-corrected chi connectivity index (χ4v) is 3.34. The molecule has 23 heavy (non-hydrogen) atoms. The summed E-state index contributed by atoms with van der Waals surface area (Å²) in [5.41, 5.74) is 2.81. The van der Waals surface area contributed by atoms with Crippen molar-refractivity contribution in [2.45, 2.75) is 31.7 Å². The molecule has 0 aliphatic carbocycles. The Morgan fingerprint density at radius 2 is 1.65 bits per heavy atom. The minimum Gasteiger partial charge on any atom is -0.367 e. The van der Waals surface area contributed by atoms with E-state index in [9.17, 15) is 0 Å². The van der Waals surface area contributed by atoms with Gasteiger partial charge < -0.3 is 10.2 Å². The van der Waals surface area contributed by atoms with Crippen LogP contribution in [0.5, 0.6) is 0 Å². The molecule has 0 radical (unpaired) electrons. The molecule has 2 aromatic rings. The van der Waals surface area contributed by atoms with Crippen LogP contribution in [0.1, 0.15) is 24.8 Å². The van der Waals surface area contributed by atoms with E-state index in [4.69, 9.17) is 0 Å². The Kier molecular flexibility index (Phi) is 7.44. The highest BCUT2D eigenvalue weighted by molar-refractivity contribution is 5.85. The van der Waals surface area contributed by atoms with Crippen molar-refractivity contribution >= 4 is 18.1 Å². The first-order valence-electron chi connectivity index (χ1n) is 8.50. The minimum absolute atomic E-state index is 0. The second-order valence-electron chi connectivity index (χ2n) is 6.12. The monoisotopic (exact) mass is 330 g/mol. The van der Waals surface area contributed by atoms with Crippen LogP contribution in [0.25, 0.3) is 0 Å². The maximum atomic E-state index is 3.66. The van der Waals surface area contributed by atoms with Gasteiger partial charge in [0.05, 0.1) is 0 Å². The molecule has 1 aliphatic rings. The predicted octanol–water partition coefficient (Wildman–Crippen LogP) is 4.30. The summed E-state index contributed by atoms with van der Waals surface area (Å²) < 4.78 is 0. The van der Waals surface area contributed by atoms with E-state index in [1.54, 1.807) is 0 Å². The first kappa shape index (κ1) is 17.8. The number of benzene rings is 2. The number of halogens is 1. The first-order chi connectivity index (χ1) is 10.9. The Balaban J connectivity index is 0.00000192. The number of hydrogen-bond acceptors (Lipinski definition) is 2. The Labute approximate surface area is 146 Å². The molecule has 3 heteroatoms. The highest BCUT2D eigenvalue weighted by Gasteiger charge is 2.23. The zero-order valence-corrected chi connectivity index (χ0v) is 14.5. The summed E-state index contributed by atoms with van der Waals surface area (Å²) in [4.78, 5) is 2.56. The molecular formula is C20H27ClN2.